The van der Waals surface area contributed by atoms with Gasteiger partial charge in [0.15, 0.2) is 0 Å². The van der Waals surface area contributed by atoms with Gasteiger partial charge in [-0.05, 0) is 68.6 Å². The van der Waals surface area contributed by atoms with E-state index in [2.05, 4.69) is 27.4 Å². The molecule has 0 aromatic carbocycles. The zero-order chi connectivity index (χ0) is 16.1. The Balaban J connectivity index is 2.39. The van der Waals surface area contributed by atoms with Gasteiger partial charge in [-0.15, -0.1) is 6.58 Å². The third-order valence-corrected chi connectivity index (χ3v) is 6.82. The number of fused-ring (bicyclic) bond motifs is 1. The molecule has 0 unspecified atom stereocenters. The topological polar surface area (TPSA) is 40.5 Å². The van der Waals surface area contributed by atoms with Crippen LogP contribution in [-0.4, -0.2) is 21.4 Å². The summed E-state index contributed by atoms with van der Waals surface area (Å²) in [7, 11) is 0. The Morgan fingerprint density at radius 2 is 1.81 bits per heavy atom. The van der Waals surface area contributed by atoms with Crippen molar-refractivity contribution in [3.8, 4) is 0 Å². The van der Waals surface area contributed by atoms with E-state index in [4.69, 9.17) is 0 Å². The molecule has 2 heteroatoms. The van der Waals surface area contributed by atoms with Crippen LogP contribution in [0.3, 0.4) is 0 Å². The van der Waals surface area contributed by atoms with Gasteiger partial charge in [0.1, 0.15) is 0 Å². The Bertz CT molecular complexity index is 408. The van der Waals surface area contributed by atoms with Crippen molar-refractivity contribution in [1.29, 1.82) is 0 Å². The molecule has 0 aromatic heterocycles. The molecule has 2 aliphatic carbocycles. The third kappa shape index (κ3) is 2.94. The highest BCUT2D eigenvalue weighted by Crippen LogP contribution is 2.63. The molecule has 0 radical (unpaired) electrons. The fourth-order valence-corrected chi connectivity index (χ4v) is 5.57. The van der Waals surface area contributed by atoms with Crippen molar-refractivity contribution < 1.29 is 10.2 Å². The van der Waals surface area contributed by atoms with Gasteiger partial charge in [-0.2, -0.15) is 0 Å². The Hall–Kier alpha value is -0.340. The Labute approximate surface area is 130 Å². The molecule has 2 aliphatic rings. The standard InChI is InChI=1S/C19H34O2/c1-7-17(4,20)13-15-18(5)11-8-10-16(2,3)14(18)9-12-19(15,6)21/h7,14-15,20-21H,1,8-13H2,2-6H3/t14-,15+,17+,18-,19-/m0/s1. The van der Waals surface area contributed by atoms with E-state index in [1.54, 1.807) is 6.08 Å². The highest BCUT2D eigenvalue weighted by Gasteiger charge is 2.58. The van der Waals surface area contributed by atoms with Gasteiger partial charge in [-0.3, -0.25) is 0 Å². The third-order valence-electron chi connectivity index (χ3n) is 6.82. The summed E-state index contributed by atoms with van der Waals surface area (Å²) in [5.74, 6) is 0.751. The molecule has 0 amide bonds. The van der Waals surface area contributed by atoms with Gasteiger partial charge in [-0.1, -0.05) is 33.3 Å². The van der Waals surface area contributed by atoms with Crippen LogP contribution in [-0.2, 0) is 0 Å². The minimum absolute atomic E-state index is 0.108. The molecule has 0 aliphatic heterocycles. The summed E-state index contributed by atoms with van der Waals surface area (Å²) in [4.78, 5) is 0. The summed E-state index contributed by atoms with van der Waals surface area (Å²) in [6.45, 7) is 14.7. The fraction of sp³-hybridized carbons (Fsp3) is 0.895. The van der Waals surface area contributed by atoms with Crippen molar-refractivity contribution in [1.82, 2.24) is 0 Å². The SMILES string of the molecule is C=C[C@@](C)(O)C[C@@H]1[C@@]2(C)CCCC(C)(C)[C@@H]2CC[C@]1(C)O. The number of rotatable bonds is 3. The van der Waals surface area contributed by atoms with E-state index in [1.165, 1.54) is 12.8 Å². The number of hydrogen-bond acceptors (Lipinski definition) is 2. The highest BCUT2D eigenvalue weighted by molar-refractivity contribution is 5.10. The van der Waals surface area contributed by atoms with Crippen molar-refractivity contribution in [2.24, 2.45) is 22.7 Å². The molecular weight excluding hydrogens is 260 g/mol. The maximum Gasteiger partial charge on any atom is 0.0801 e. The summed E-state index contributed by atoms with van der Waals surface area (Å²) < 4.78 is 0. The Kier molecular flexibility index (Phi) is 4.13. The lowest BCUT2D eigenvalue weighted by Crippen LogP contribution is -2.58. The second-order valence-electron chi connectivity index (χ2n) is 9.11. The van der Waals surface area contributed by atoms with Crippen molar-refractivity contribution >= 4 is 0 Å². The van der Waals surface area contributed by atoms with Crippen molar-refractivity contribution in [2.75, 3.05) is 0 Å². The highest BCUT2D eigenvalue weighted by atomic mass is 16.3. The largest absolute Gasteiger partial charge is 0.390 e. The van der Waals surface area contributed by atoms with E-state index < -0.39 is 11.2 Å². The van der Waals surface area contributed by atoms with Crippen LogP contribution in [0.1, 0.15) is 73.1 Å². The van der Waals surface area contributed by atoms with Crippen molar-refractivity contribution in [3.05, 3.63) is 12.7 Å². The second kappa shape index (κ2) is 5.09. The molecule has 122 valence electrons. The van der Waals surface area contributed by atoms with Crippen LogP contribution < -0.4 is 0 Å². The van der Waals surface area contributed by atoms with E-state index in [0.717, 1.165) is 19.3 Å². The van der Waals surface area contributed by atoms with E-state index in [-0.39, 0.29) is 11.3 Å². The summed E-state index contributed by atoms with van der Waals surface area (Å²) in [6, 6.07) is 0. The summed E-state index contributed by atoms with van der Waals surface area (Å²) >= 11 is 0. The lowest BCUT2D eigenvalue weighted by atomic mass is 9.44. The lowest BCUT2D eigenvalue weighted by molar-refractivity contribution is -0.180. The van der Waals surface area contributed by atoms with Gasteiger partial charge in [0.25, 0.3) is 0 Å². The predicted molar refractivity (Wildman–Crippen MR) is 88.0 cm³/mol. The number of aliphatic hydroxyl groups is 2. The molecule has 21 heavy (non-hydrogen) atoms. The first-order chi connectivity index (χ1) is 9.45. The second-order valence-corrected chi connectivity index (χ2v) is 9.11. The van der Waals surface area contributed by atoms with E-state index >= 15 is 0 Å². The maximum absolute atomic E-state index is 11.0. The Morgan fingerprint density at radius 1 is 1.19 bits per heavy atom. The van der Waals surface area contributed by atoms with Crippen LogP contribution in [0.4, 0.5) is 0 Å². The molecule has 0 saturated heterocycles. The molecule has 2 N–H and O–H groups in total. The lowest BCUT2D eigenvalue weighted by Gasteiger charge is -2.62. The van der Waals surface area contributed by atoms with E-state index in [1.807, 2.05) is 13.8 Å². The van der Waals surface area contributed by atoms with Crippen LogP contribution in [0, 0.1) is 22.7 Å². The molecule has 2 nitrogen and oxygen atoms in total. The predicted octanol–water partition coefficient (Wildman–Crippen LogP) is 4.31. The van der Waals surface area contributed by atoms with Crippen LogP contribution in [0.15, 0.2) is 12.7 Å². The van der Waals surface area contributed by atoms with Gasteiger partial charge in [0.05, 0.1) is 11.2 Å². The molecule has 0 spiro atoms. The van der Waals surface area contributed by atoms with Crippen LogP contribution in [0.25, 0.3) is 0 Å². The average molecular weight is 294 g/mol. The van der Waals surface area contributed by atoms with Gasteiger partial charge < -0.3 is 10.2 Å². The Morgan fingerprint density at radius 3 is 2.38 bits per heavy atom. The zero-order valence-electron chi connectivity index (χ0n) is 14.6. The molecule has 2 fully saturated rings. The molecule has 2 saturated carbocycles. The first-order valence-corrected chi connectivity index (χ1v) is 8.53. The molecule has 5 atom stereocenters. The molecule has 0 aromatic rings. The van der Waals surface area contributed by atoms with Gasteiger partial charge in [0.2, 0.25) is 0 Å². The molecule has 2 rings (SSSR count). The maximum atomic E-state index is 11.0. The van der Waals surface area contributed by atoms with Gasteiger partial charge in [-0.25, -0.2) is 0 Å². The molecule has 0 bridgehead atoms. The van der Waals surface area contributed by atoms with Crippen LogP contribution >= 0.6 is 0 Å². The first kappa shape index (κ1) is 17.0. The van der Waals surface area contributed by atoms with Gasteiger partial charge in [0, 0.05) is 0 Å². The smallest absolute Gasteiger partial charge is 0.0801 e. The molecular formula is C19H34O2. The monoisotopic (exact) mass is 294 g/mol. The van der Waals surface area contributed by atoms with Crippen molar-refractivity contribution in [3.63, 3.8) is 0 Å². The fourth-order valence-electron chi connectivity index (χ4n) is 5.57. The average Bonchev–Trinajstić information content (AvgIpc) is 2.33. The van der Waals surface area contributed by atoms with Gasteiger partial charge >= 0.3 is 0 Å². The normalized spacial score (nSPS) is 45.5. The van der Waals surface area contributed by atoms with E-state index in [0.29, 0.717) is 17.8 Å². The summed E-state index contributed by atoms with van der Waals surface area (Å²) in [6.07, 6.45) is 7.84. The number of hydrogen-bond donors (Lipinski definition) is 2. The molecule has 0 heterocycles. The summed E-state index contributed by atoms with van der Waals surface area (Å²) in [5, 5.41) is 21.5. The first-order valence-electron chi connectivity index (χ1n) is 8.53. The van der Waals surface area contributed by atoms with Crippen LogP contribution in [0.5, 0.6) is 0 Å². The zero-order valence-corrected chi connectivity index (χ0v) is 14.6. The quantitative estimate of drug-likeness (QED) is 0.762. The van der Waals surface area contributed by atoms with Crippen molar-refractivity contribution in [2.45, 2.75) is 84.3 Å². The minimum Gasteiger partial charge on any atom is -0.390 e. The van der Waals surface area contributed by atoms with E-state index in [9.17, 15) is 10.2 Å². The summed E-state index contributed by atoms with van der Waals surface area (Å²) in [5.41, 5.74) is -1.15. The van der Waals surface area contributed by atoms with Crippen LogP contribution in [0.2, 0.25) is 0 Å². The minimum atomic E-state index is -0.902.